The summed E-state index contributed by atoms with van der Waals surface area (Å²) < 4.78 is 0. The van der Waals surface area contributed by atoms with Gasteiger partial charge in [-0.2, -0.15) is 0 Å². The van der Waals surface area contributed by atoms with Crippen molar-refractivity contribution in [1.82, 2.24) is 0 Å². The van der Waals surface area contributed by atoms with Crippen LogP contribution in [0.3, 0.4) is 0 Å². The average molecular weight is 409 g/mol. The minimum absolute atomic E-state index is 0.115. The molecule has 0 N–H and O–H groups in total. The highest BCUT2D eigenvalue weighted by molar-refractivity contribution is 7.64. The predicted octanol–water partition coefficient (Wildman–Crippen LogP) is 9.26. The van der Waals surface area contributed by atoms with Gasteiger partial charge in [0.2, 0.25) is 0 Å². The van der Waals surface area contributed by atoms with Crippen LogP contribution in [-0.2, 0) is 0 Å². The second kappa shape index (κ2) is 10.6. The molecule has 0 radical (unpaired) electrons. The molecule has 0 nitrogen and oxygen atoms in total. The molecular weight excluding hydrogens is 362 g/mol. The first kappa shape index (κ1) is 22.3. The third kappa shape index (κ3) is 5.40. The van der Waals surface area contributed by atoms with Gasteiger partial charge >= 0.3 is 0 Å². The van der Waals surface area contributed by atoms with Crippen molar-refractivity contribution in [3.63, 3.8) is 0 Å². The lowest BCUT2D eigenvalue weighted by molar-refractivity contribution is 0.485. The Labute approximate surface area is 173 Å². The quantitative estimate of drug-likeness (QED) is 0.368. The Balaban J connectivity index is 1.91. The van der Waals surface area contributed by atoms with Crippen molar-refractivity contribution in [3.05, 3.63) is 10.9 Å². The van der Waals surface area contributed by atoms with Gasteiger partial charge in [-0.15, -0.1) is 0 Å². The molecule has 2 heteroatoms. The average Bonchev–Trinajstić information content (AvgIpc) is 3.12. The standard InChI is InChI=1S/C25H46P2/c1-19(2)26(20(3)4)21(5)24-17-12-18-25(24)27(22-13-8-6-9-14-22)23-15-10-7-11-16-23/h19-23H,6-18H2,1-5H3/t21-/m1/s1. The SMILES string of the molecule is CC(C)P(C(C)C)[C@H](C)C1=C(P(C2CCCCC2)C2CCCCC2)CCC1. The molecule has 0 amide bonds. The zero-order valence-corrected chi connectivity index (χ0v) is 20.8. The molecule has 0 aliphatic heterocycles. The smallest absolute Gasteiger partial charge is 0.00169 e. The van der Waals surface area contributed by atoms with E-state index in [2.05, 4.69) is 39.9 Å². The van der Waals surface area contributed by atoms with Crippen molar-refractivity contribution in [2.75, 3.05) is 0 Å². The molecule has 0 saturated heterocycles. The highest BCUT2D eigenvalue weighted by Gasteiger charge is 2.38. The summed E-state index contributed by atoms with van der Waals surface area (Å²) in [6, 6.07) is 0. The summed E-state index contributed by atoms with van der Waals surface area (Å²) in [5.41, 5.74) is 6.83. The monoisotopic (exact) mass is 408 g/mol. The van der Waals surface area contributed by atoms with Crippen molar-refractivity contribution in [3.8, 4) is 0 Å². The Bertz CT molecular complexity index is 455. The van der Waals surface area contributed by atoms with Crippen molar-refractivity contribution < 1.29 is 0 Å². The Morgan fingerprint density at radius 2 is 1.11 bits per heavy atom. The van der Waals surface area contributed by atoms with Crippen molar-refractivity contribution in [2.45, 2.75) is 146 Å². The Hall–Kier alpha value is 0.600. The van der Waals surface area contributed by atoms with Crippen LogP contribution in [0.2, 0.25) is 0 Å². The molecule has 2 fully saturated rings. The largest absolute Gasteiger partial charge is 0.0944 e. The van der Waals surface area contributed by atoms with Crippen molar-refractivity contribution in [1.29, 1.82) is 0 Å². The maximum absolute atomic E-state index is 2.64. The zero-order chi connectivity index (χ0) is 19.4. The molecule has 27 heavy (non-hydrogen) atoms. The van der Waals surface area contributed by atoms with Gasteiger partial charge in [-0.25, -0.2) is 0 Å². The van der Waals surface area contributed by atoms with Gasteiger partial charge in [-0.3, -0.25) is 0 Å². The van der Waals surface area contributed by atoms with E-state index < -0.39 is 0 Å². The summed E-state index contributed by atoms with van der Waals surface area (Å²) in [5, 5.41) is 2.09. The molecule has 0 spiro atoms. The molecule has 0 unspecified atom stereocenters. The topological polar surface area (TPSA) is 0 Å². The molecule has 0 aromatic heterocycles. The predicted molar refractivity (Wildman–Crippen MR) is 128 cm³/mol. The summed E-state index contributed by atoms with van der Waals surface area (Å²) in [7, 11) is 0.272. The van der Waals surface area contributed by atoms with Crippen LogP contribution < -0.4 is 0 Å². The first-order valence-electron chi connectivity index (χ1n) is 12.3. The maximum atomic E-state index is 2.64. The minimum atomic E-state index is 0.115. The van der Waals surface area contributed by atoms with Crippen LogP contribution in [0.25, 0.3) is 0 Å². The normalized spacial score (nSPS) is 24.8. The summed E-state index contributed by atoms with van der Waals surface area (Å²) in [5.74, 6) is 0. The Kier molecular flexibility index (Phi) is 8.73. The summed E-state index contributed by atoms with van der Waals surface area (Å²) in [6.07, 6.45) is 19.8. The highest BCUT2D eigenvalue weighted by Crippen LogP contribution is 2.66. The minimum Gasteiger partial charge on any atom is -0.0944 e. The second-order valence-corrected chi connectivity index (χ2v) is 16.7. The van der Waals surface area contributed by atoms with E-state index in [4.69, 9.17) is 0 Å². The lowest BCUT2D eigenvalue weighted by atomic mass is 9.99. The molecule has 2 saturated carbocycles. The van der Waals surface area contributed by atoms with Gasteiger partial charge in [-0.1, -0.05) is 94.6 Å². The fraction of sp³-hybridized carbons (Fsp3) is 0.920. The summed E-state index contributed by atoms with van der Waals surface area (Å²) >= 11 is 0. The highest BCUT2D eigenvalue weighted by atomic mass is 31.1. The van der Waals surface area contributed by atoms with Crippen LogP contribution in [0.1, 0.15) is 118 Å². The van der Waals surface area contributed by atoms with Crippen molar-refractivity contribution in [2.24, 2.45) is 0 Å². The summed E-state index contributed by atoms with van der Waals surface area (Å²) in [6.45, 7) is 12.7. The van der Waals surface area contributed by atoms with Crippen LogP contribution in [0.15, 0.2) is 10.9 Å². The molecule has 0 aromatic rings. The van der Waals surface area contributed by atoms with Crippen LogP contribution in [0.5, 0.6) is 0 Å². The Morgan fingerprint density at radius 3 is 1.56 bits per heavy atom. The van der Waals surface area contributed by atoms with E-state index in [0.717, 1.165) is 28.3 Å². The first-order valence-corrected chi connectivity index (χ1v) is 15.3. The van der Waals surface area contributed by atoms with Gasteiger partial charge in [0, 0.05) is 0 Å². The van der Waals surface area contributed by atoms with Crippen LogP contribution >= 0.6 is 15.8 Å². The van der Waals surface area contributed by atoms with E-state index in [0.29, 0.717) is 0 Å². The maximum Gasteiger partial charge on any atom is -0.00169 e. The molecule has 3 aliphatic rings. The third-order valence-corrected chi connectivity index (χ3v) is 15.0. The number of hydrogen-bond donors (Lipinski definition) is 0. The van der Waals surface area contributed by atoms with Crippen LogP contribution in [0.4, 0.5) is 0 Å². The van der Waals surface area contributed by atoms with Gasteiger partial charge in [-0.05, 0) is 78.6 Å². The van der Waals surface area contributed by atoms with Crippen molar-refractivity contribution >= 4 is 15.8 Å². The molecule has 3 rings (SSSR count). The molecule has 1 atom stereocenters. The number of hydrogen-bond acceptors (Lipinski definition) is 0. The lowest BCUT2D eigenvalue weighted by Crippen LogP contribution is -2.22. The fourth-order valence-electron chi connectivity index (χ4n) is 6.62. The molecule has 0 aromatic carbocycles. The zero-order valence-electron chi connectivity index (χ0n) is 19.0. The van der Waals surface area contributed by atoms with E-state index in [9.17, 15) is 0 Å². The molecule has 0 bridgehead atoms. The van der Waals surface area contributed by atoms with E-state index in [1.807, 2.05) is 5.57 Å². The van der Waals surface area contributed by atoms with E-state index in [-0.39, 0.29) is 15.8 Å². The summed E-state index contributed by atoms with van der Waals surface area (Å²) in [4.78, 5) is 0. The molecule has 156 valence electrons. The van der Waals surface area contributed by atoms with E-state index in [1.165, 1.54) is 57.8 Å². The van der Waals surface area contributed by atoms with Gasteiger partial charge in [0.25, 0.3) is 0 Å². The molecular formula is C25H46P2. The van der Waals surface area contributed by atoms with Gasteiger partial charge < -0.3 is 0 Å². The van der Waals surface area contributed by atoms with Gasteiger partial charge in [0.05, 0.1) is 0 Å². The Morgan fingerprint density at radius 1 is 0.630 bits per heavy atom. The fourth-order valence-corrected chi connectivity index (χ4v) is 14.7. The lowest BCUT2D eigenvalue weighted by Gasteiger charge is -2.41. The van der Waals surface area contributed by atoms with E-state index >= 15 is 0 Å². The van der Waals surface area contributed by atoms with Gasteiger partial charge in [0.15, 0.2) is 0 Å². The van der Waals surface area contributed by atoms with Crippen LogP contribution in [-0.4, -0.2) is 28.3 Å². The number of rotatable bonds is 7. The van der Waals surface area contributed by atoms with Gasteiger partial charge in [0.1, 0.15) is 0 Å². The molecule has 3 aliphatic carbocycles. The first-order chi connectivity index (χ1) is 13.0. The molecule has 0 heterocycles. The third-order valence-electron chi connectivity index (χ3n) is 7.62. The van der Waals surface area contributed by atoms with Crippen LogP contribution in [0, 0.1) is 0 Å². The number of allylic oxidation sites excluding steroid dienone is 2. The van der Waals surface area contributed by atoms with E-state index in [1.54, 1.807) is 25.7 Å². The second-order valence-electron chi connectivity index (χ2n) is 10.1.